The lowest BCUT2D eigenvalue weighted by Gasteiger charge is -2.31. The summed E-state index contributed by atoms with van der Waals surface area (Å²) < 4.78 is 5.94. The molecule has 4 heteroatoms. The number of nitrogens with one attached hydrogen (secondary N) is 1. The van der Waals surface area contributed by atoms with Gasteiger partial charge in [-0.1, -0.05) is 73.5 Å². The van der Waals surface area contributed by atoms with Gasteiger partial charge in [0.05, 0.1) is 5.69 Å². The van der Waals surface area contributed by atoms with E-state index in [0.29, 0.717) is 18.7 Å². The molecule has 1 aliphatic carbocycles. The average Bonchev–Trinajstić information content (AvgIpc) is 3.43. The number of carbonyl (C=O) groups excluding carboxylic acids is 1. The Kier molecular flexibility index (Phi) is 6.89. The highest BCUT2D eigenvalue weighted by Crippen LogP contribution is 2.46. The Morgan fingerprint density at radius 3 is 2.11 bits per heavy atom. The molecule has 0 spiro atoms. The molecular formula is C31H30N2O2. The standard InChI is InChI=1S/C31H30N2O2/c34-30(33-22-24-8-2-1-3-9-24)25-11-13-26(14-12-25)31(19-5-6-20-31)27-15-17-29(18-16-27)35-23-28-10-4-7-21-32-28/h1-4,7-18,21H,5-6,19-20,22-23H2,(H,33,34). The van der Waals surface area contributed by atoms with E-state index < -0.39 is 0 Å². The number of nitrogens with zero attached hydrogens (tertiary/aromatic N) is 1. The molecule has 1 amide bonds. The normalized spacial score (nSPS) is 14.4. The molecule has 0 saturated heterocycles. The van der Waals surface area contributed by atoms with Crippen molar-refractivity contribution >= 4 is 5.91 Å². The average molecular weight is 463 g/mol. The highest BCUT2D eigenvalue weighted by molar-refractivity contribution is 5.94. The minimum absolute atomic E-state index is 0.0153. The zero-order valence-corrected chi connectivity index (χ0v) is 19.8. The molecule has 176 valence electrons. The van der Waals surface area contributed by atoms with E-state index in [4.69, 9.17) is 4.74 Å². The van der Waals surface area contributed by atoms with Crippen molar-refractivity contribution in [3.05, 3.63) is 131 Å². The van der Waals surface area contributed by atoms with Gasteiger partial charge in [-0.05, 0) is 65.9 Å². The molecule has 1 heterocycles. The summed E-state index contributed by atoms with van der Waals surface area (Å²) in [5.41, 5.74) is 5.26. The van der Waals surface area contributed by atoms with Gasteiger partial charge >= 0.3 is 0 Å². The first kappa shape index (κ1) is 22.9. The fourth-order valence-corrected chi connectivity index (χ4v) is 5.05. The van der Waals surface area contributed by atoms with Crippen LogP contribution in [0.4, 0.5) is 0 Å². The summed E-state index contributed by atoms with van der Waals surface area (Å²) >= 11 is 0. The number of rotatable bonds is 8. The molecule has 1 aromatic heterocycles. The molecule has 1 fully saturated rings. The van der Waals surface area contributed by atoms with Crippen LogP contribution in [0.2, 0.25) is 0 Å². The quantitative estimate of drug-likeness (QED) is 0.327. The van der Waals surface area contributed by atoms with Gasteiger partial charge < -0.3 is 10.1 Å². The predicted octanol–water partition coefficient (Wildman–Crippen LogP) is 6.45. The molecule has 4 nitrogen and oxygen atoms in total. The smallest absolute Gasteiger partial charge is 0.251 e. The molecular weight excluding hydrogens is 432 g/mol. The lowest BCUT2D eigenvalue weighted by molar-refractivity contribution is 0.0951. The van der Waals surface area contributed by atoms with Gasteiger partial charge in [0.25, 0.3) is 5.91 Å². The SMILES string of the molecule is O=C(NCc1ccccc1)c1ccc(C2(c3ccc(OCc4ccccn4)cc3)CCCC2)cc1. The lowest BCUT2D eigenvalue weighted by Crippen LogP contribution is -2.25. The molecule has 3 aromatic carbocycles. The van der Waals surface area contributed by atoms with Crippen LogP contribution < -0.4 is 10.1 Å². The van der Waals surface area contributed by atoms with Gasteiger partial charge in [-0.2, -0.15) is 0 Å². The number of amides is 1. The number of benzene rings is 3. The van der Waals surface area contributed by atoms with Crippen LogP contribution in [0.15, 0.2) is 103 Å². The molecule has 0 bridgehead atoms. The van der Waals surface area contributed by atoms with Crippen molar-refractivity contribution in [2.45, 2.75) is 44.2 Å². The van der Waals surface area contributed by atoms with Gasteiger partial charge in [0.2, 0.25) is 0 Å². The number of carbonyl (C=O) groups is 1. The second-order valence-electron chi connectivity index (χ2n) is 9.17. The van der Waals surface area contributed by atoms with E-state index in [2.05, 4.69) is 46.7 Å². The fraction of sp³-hybridized carbons (Fsp3) is 0.226. The third-order valence-corrected chi connectivity index (χ3v) is 6.97. The summed E-state index contributed by atoms with van der Waals surface area (Å²) in [5, 5.41) is 3.02. The van der Waals surface area contributed by atoms with Crippen molar-refractivity contribution in [2.75, 3.05) is 0 Å². The van der Waals surface area contributed by atoms with Gasteiger partial charge in [0.15, 0.2) is 0 Å². The van der Waals surface area contributed by atoms with E-state index >= 15 is 0 Å². The largest absolute Gasteiger partial charge is 0.487 e. The molecule has 1 aliphatic rings. The Morgan fingerprint density at radius 2 is 1.46 bits per heavy atom. The third kappa shape index (κ3) is 5.27. The minimum Gasteiger partial charge on any atom is -0.487 e. The summed E-state index contributed by atoms with van der Waals surface area (Å²) in [6, 6.07) is 32.5. The van der Waals surface area contributed by atoms with Crippen LogP contribution in [0.5, 0.6) is 5.75 Å². The summed E-state index contributed by atoms with van der Waals surface area (Å²) in [4.78, 5) is 17.0. The second-order valence-corrected chi connectivity index (χ2v) is 9.17. The molecule has 1 saturated carbocycles. The monoisotopic (exact) mass is 462 g/mol. The highest BCUT2D eigenvalue weighted by Gasteiger charge is 2.37. The summed E-state index contributed by atoms with van der Waals surface area (Å²) in [5.74, 6) is 0.799. The maximum absolute atomic E-state index is 12.7. The van der Waals surface area contributed by atoms with Gasteiger partial charge in [-0.3, -0.25) is 9.78 Å². The number of hydrogen-bond acceptors (Lipinski definition) is 3. The summed E-state index contributed by atoms with van der Waals surface area (Å²) in [6.45, 7) is 0.985. The molecule has 0 radical (unpaired) electrons. The van der Waals surface area contributed by atoms with Crippen molar-refractivity contribution in [1.82, 2.24) is 10.3 Å². The summed E-state index contributed by atoms with van der Waals surface area (Å²) in [6.07, 6.45) is 6.42. The molecule has 4 aromatic rings. The Hall–Kier alpha value is -3.92. The van der Waals surface area contributed by atoms with Crippen LogP contribution in [0.25, 0.3) is 0 Å². The van der Waals surface area contributed by atoms with Crippen LogP contribution in [0.1, 0.15) is 58.4 Å². The van der Waals surface area contributed by atoms with E-state index in [0.717, 1.165) is 29.8 Å². The molecule has 0 atom stereocenters. The molecule has 0 unspecified atom stereocenters. The van der Waals surface area contributed by atoms with Gasteiger partial charge in [-0.15, -0.1) is 0 Å². The van der Waals surface area contributed by atoms with E-state index in [9.17, 15) is 4.79 Å². The first-order valence-electron chi connectivity index (χ1n) is 12.3. The summed E-state index contributed by atoms with van der Waals surface area (Å²) in [7, 11) is 0. The highest BCUT2D eigenvalue weighted by atomic mass is 16.5. The fourth-order valence-electron chi connectivity index (χ4n) is 5.05. The van der Waals surface area contributed by atoms with E-state index in [-0.39, 0.29) is 11.3 Å². The van der Waals surface area contributed by atoms with Gasteiger partial charge in [0.1, 0.15) is 12.4 Å². The Morgan fingerprint density at radius 1 is 0.800 bits per heavy atom. The molecule has 5 rings (SSSR count). The van der Waals surface area contributed by atoms with Crippen LogP contribution in [-0.2, 0) is 18.6 Å². The van der Waals surface area contributed by atoms with Crippen molar-refractivity contribution in [2.24, 2.45) is 0 Å². The van der Waals surface area contributed by atoms with Crippen molar-refractivity contribution in [3.8, 4) is 5.75 Å². The Bertz CT molecular complexity index is 1230. The number of ether oxygens (including phenoxy) is 1. The zero-order valence-electron chi connectivity index (χ0n) is 19.8. The van der Waals surface area contributed by atoms with Crippen LogP contribution in [0.3, 0.4) is 0 Å². The molecule has 35 heavy (non-hydrogen) atoms. The van der Waals surface area contributed by atoms with Crippen molar-refractivity contribution in [1.29, 1.82) is 0 Å². The first-order chi connectivity index (χ1) is 17.2. The van der Waals surface area contributed by atoms with Crippen LogP contribution in [0, 0.1) is 0 Å². The van der Waals surface area contributed by atoms with Crippen molar-refractivity contribution < 1.29 is 9.53 Å². The van der Waals surface area contributed by atoms with Gasteiger partial charge in [0, 0.05) is 23.7 Å². The Balaban J connectivity index is 1.28. The van der Waals surface area contributed by atoms with E-state index in [1.807, 2.05) is 60.7 Å². The lowest BCUT2D eigenvalue weighted by atomic mass is 9.73. The molecule has 1 N–H and O–H groups in total. The maximum Gasteiger partial charge on any atom is 0.251 e. The predicted molar refractivity (Wildman–Crippen MR) is 138 cm³/mol. The van der Waals surface area contributed by atoms with Crippen LogP contribution in [-0.4, -0.2) is 10.9 Å². The first-order valence-corrected chi connectivity index (χ1v) is 12.3. The van der Waals surface area contributed by atoms with E-state index in [1.54, 1.807) is 6.20 Å². The Labute approximate surface area is 207 Å². The topological polar surface area (TPSA) is 51.2 Å². The van der Waals surface area contributed by atoms with E-state index in [1.165, 1.54) is 24.0 Å². The van der Waals surface area contributed by atoms with Crippen LogP contribution >= 0.6 is 0 Å². The number of hydrogen-bond donors (Lipinski definition) is 1. The number of aromatic nitrogens is 1. The zero-order chi connectivity index (χ0) is 23.9. The second kappa shape index (κ2) is 10.6. The molecule has 0 aliphatic heterocycles. The van der Waals surface area contributed by atoms with Gasteiger partial charge in [-0.25, -0.2) is 0 Å². The third-order valence-electron chi connectivity index (χ3n) is 6.97. The maximum atomic E-state index is 12.7. The minimum atomic E-state index is -0.0460. The number of pyridine rings is 1. The van der Waals surface area contributed by atoms with Crippen molar-refractivity contribution in [3.63, 3.8) is 0 Å².